The molecule has 2 aromatic rings. The van der Waals surface area contributed by atoms with Crippen LogP contribution in [0.15, 0.2) is 35.5 Å². The van der Waals surface area contributed by atoms with Crippen molar-refractivity contribution in [2.45, 2.75) is 37.3 Å². The number of fused-ring (bicyclic) bond motifs is 1. The molecule has 2 fully saturated rings. The minimum Gasteiger partial charge on any atom is -0.342 e. The molecule has 1 amide bonds. The largest absolute Gasteiger partial charge is 0.342 e. The summed E-state index contributed by atoms with van der Waals surface area (Å²) in [5.74, 6) is 3.10. The van der Waals surface area contributed by atoms with E-state index in [-0.39, 0.29) is 5.91 Å². The average Bonchev–Trinajstić information content (AvgIpc) is 3.07. The molecule has 0 spiro atoms. The van der Waals surface area contributed by atoms with Gasteiger partial charge in [-0.15, -0.1) is 10.2 Å². The van der Waals surface area contributed by atoms with Crippen LogP contribution >= 0.6 is 11.8 Å². The van der Waals surface area contributed by atoms with Crippen LogP contribution in [0.2, 0.25) is 0 Å². The van der Waals surface area contributed by atoms with Crippen LogP contribution in [0.1, 0.15) is 32.1 Å². The Labute approximate surface area is 159 Å². The van der Waals surface area contributed by atoms with Crippen molar-refractivity contribution in [1.82, 2.24) is 19.7 Å². The number of amides is 1. The number of carbonyl (C=O) groups excluding carboxylic acids is 1. The summed E-state index contributed by atoms with van der Waals surface area (Å²) in [5.41, 5.74) is 1.04. The number of carbonyl (C=O) groups is 1. The summed E-state index contributed by atoms with van der Waals surface area (Å²) < 4.78 is 1.97. The van der Waals surface area contributed by atoms with Gasteiger partial charge >= 0.3 is 0 Å². The topological polar surface area (TPSA) is 51.0 Å². The third-order valence-corrected chi connectivity index (χ3v) is 6.84. The van der Waals surface area contributed by atoms with Crippen molar-refractivity contribution in [1.29, 1.82) is 0 Å². The van der Waals surface area contributed by atoms with E-state index in [1.807, 2.05) is 41.9 Å². The third kappa shape index (κ3) is 3.65. The number of benzene rings is 1. The average molecular weight is 371 g/mol. The van der Waals surface area contributed by atoms with Crippen molar-refractivity contribution in [3.63, 3.8) is 0 Å². The van der Waals surface area contributed by atoms with Crippen LogP contribution in [0.3, 0.4) is 0 Å². The molecule has 138 valence electrons. The lowest BCUT2D eigenvalue weighted by molar-refractivity contribution is -0.131. The monoisotopic (exact) mass is 370 g/mol. The zero-order valence-electron chi connectivity index (χ0n) is 15.3. The maximum atomic E-state index is 12.7. The van der Waals surface area contributed by atoms with Crippen LogP contribution in [0.4, 0.5) is 0 Å². The smallest absolute Gasteiger partial charge is 0.233 e. The molecule has 0 N–H and O–H groups in total. The molecule has 1 saturated heterocycles. The van der Waals surface area contributed by atoms with E-state index in [0.29, 0.717) is 5.75 Å². The summed E-state index contributed by atoms with van der Waals surface area (Å²) in [6, 6.07) is 10.0. The van der Waals surface area contributed by atoms with Gasteiger partial charge in [-0.05, 0) is 24.7 Å². The second-order valence-corrected chi connectivity index (χ2v) is 8.40. The lowest BCUT2D eigenvalue weighted by atomic mass is 9.75. The maximum absolute atomic E-state index is 12.7. The highest BCUT2D eigenvalue weighted by molar-refractivity contribution is 7.99. The molecule has 26 heavy (non-hydrogen) atoms. The number of aromatic nitrogens is 3. The Kier molecular flexibility index (Phi) is 5.29. The highest BCUT2D eigenvalue weighted by atomic mass is 32.2. The Morgan fingerprint density at radius 3 is 2.69 bits per heavy atom. The van der Waals surface area contributed by atoms with Crippen molar-refractivity contribution < 1.29 is 4.79 Å². The first-order valence-electron chi connectivity index (χ1n) is 9.58. The van der Waals surface area contributed by atoms with Crippen LogP contribution in [-0.2, 0) is 11.8 Å². The van der Waals surface area contributed by atoms with Gasteiger partial charge in [0.05, 0.1) is 5.75 Å². The quantitative estimate of drug-likeness (QED) is 0.772. The molecule has 4 rings (SSSR count). The van der Waals surface area contributed by atoms with Crippen molar-refractivity contribution in [2.75, 3.05) is 18.8 Å². The van der Waals surface area contributed by atoms with E-state index in [9.17, 15) is 4.79 Å². The van der Waals surface area contributed by atoms with Crippen LogP contribution in [0, 0.1) is 11.8 Å². The SMILES string of the molecule is Cn1c(SCC(=O)N2CC[C@@H]3CCCC[C@@H]3C2)nnc1-c1ccccc1. The maximum Gasteiger partial charge on any atom is 0.233 e. The molecular weight excluding hydrogens is 344 g/mol. The van der Waals surface area contributed by atoms with E-state index in [2.05, 4.69) is 15.1 Å². The molecule has 1 aromatic carbocycles. The Hall–Kier alpha value is -1.82. The third-order valence-electron chi connectivity index (χ3n) is 5.84. The number of hydrogen-bond acceptors (Lipinski definition) is 4. The summed E-state index contributed by atoms with van der Waals surface area (Å²) in [6.45, 7) is 1.88. The number of rotatable bonds is 4. The second-order valence-electron chi connectivity index (χ2n) is 7.45. The van der Waals surface area contributed by atoms with E-state index in [0.717, 1.165) is 41.5 Å². The van der Waals surface area contributed by atoms with Gasteiger partial charge < -0.3 is 9.47 Å². The van der Waals surface area contributed by atoms with Crippen LogP contribution in [0.5, 0.6) is 0 Å². The first-order valence-corrected chi connectivity index (χ1v) is 10.6. The molecule has 0 radical (unpaired) electrons. The first kappa shape index (κ1) is 17.6. The Balaban J connectivity index is 1.36. The molecule has 1 aliphatic carbocycles. The van der Waals surface area contributed by atoms with E-state index >= 15 is 0 Å². The van der Waals surface area contributed by atoms with Crippen molar-refractivity contribution >= 4 is 17.7 Å². The molecule has 5 nitrogen and oxygen atoms in total. The van der Waals surface area contributed by atoms with Gasteiger partial charge in [0.15, 0.2) is 11.0 Å². The second kappa shape index (κ2) is 7.82. The molecule has 1 aliphatic heterocycles. The summed E-state index contributed by atoms with van der Waals surface area (Å²) in [5, 5.41) is 9.37. The zero-order chi connectivity index (χ0) is 17.9. The number of piperidine rings is 1. The molecule has 1 saturated carbocycles. The van der Waals surface area contributed by atoms with Gasteiger partial charge in [-0.2, -0.15) is 0 Å². The predicted molar refractivity (Wildman–Crippen MR) is 104 cm³/mol. The molecule has 2 atom stereocenters. The van der Waals surface area contributed by atoms with Gasteiger partial charge in [-0.3, -0.25) is 4.79 Å². The molecule has 2 aliphatic rings. The molecule has 0 unspecified atom stereocenters. The van der Waals surface area contributed by atoms with Gasteiger partial charge in [0.2, 0.25) is 5.91 Å². The normalized spacial score (nSPS) is 22.9. The van der Waals surface area contributed by atoms with Gasteiger partial charge in [0.25, 0.3) is 0 Å². The first-order chi connectivity index (χ1) is 12.7. The van der Waals surface area contributed by atoms with Crippen molar-refractivity contribution in [3.05, 3.63) is 30.3 Å². The van der Waals surface area contributed by atoms with Gasteiger partial charge in [0.1, 0.15) is 0 Å². The van der Waals surface area contributed by atoms with Gasteiger partial charge in [0, 0.05) is 25.7 Å². The fraction of sp³-hybridized carbons (Fsp3) is 0.550. The summed E-state index contributed by atoms with van der Waals surface area (Å²) >= 11 is 1.49. The zero-order valence-corrected chi connectivity index (χ0v) is 16.1. The highest BCUT2D eigenvalue weighted by Crippen LogP contribution is 2.36. The highest BCUT2D eigenvalue weighted by Gasteiger charge is 2.32. The number of hydrogen-bond donors (Lipinski definition) is 0. The van der Waals surface area contributed by atoms with E-state index in [1.165, 1.54) is 43.9 Å². The molecule has 6 heteroatoms. The van der Waals surface area contributed by atoms with Gasteiger partial charge in [-0.25, -0.2) is 0 Å². The van der Waals surface area contributed by atoms with Crippen LogP contribution in [-0.4, -0.2) is 44.4 Å². The number of likely N-dealkylation sites (tertiary alicyclic amines) is 1. The number of thioether (sulfide) groups is 1. The summed E-state index contributed by atoms with van der Waals surface area (Å²) in [4.78, 5) is 14.8. The lowest BCUT2D eigenvalue weighted by Crippen LogP contribution is -2.45. The molecule has 2 heterocycles. The minimum atomic E-state index is 0.239. The Bertz CT molecular complexity index is 760. The Morgan fingerprint density at radius 2 is 1.88 bits per heavy atom. The van der Waals surface area contributed by atoms with E-state index < -0.39 is 0 Å². The molecule has 1 aromatic heterocycles. The lowest BCUT2D eigenvalue weighted by Gasteiger charge is -2.41. The standard InChI is InChI=1S/C20H26N4OS/c1-23-19(16-8-3-2-4-9-16)21-22-20(23)26-14-18(25)24-12-11-15-7-5-6-10-17(15)13-24/h2-4,8-9,15,17H,5-7,10-14H2,1H3/t15-,17+/m0/s1. The van der Waals surface area contributed by atoms with E-state index in [4.69, 9.17) is 0 Å². The van der Waals surface area contributed by atoms with Crippen LogP contribution in [0.25, 0.3) is 11.4 Å². The summed E-state index contributed by atoms with van der Waals surface area (Å²) in [7, 11) is 1.96. The molecule has 0 bridgehead atoms. The van der Waals surface area contributed by atoms with E-state index in [1.54, 1.807) is 0 Å². The van der Waals surface area contributed by atoms with Crippen LogP contribution < -0.4 is 0 Å². The molecular formula is C20H26N4OS. The van der Waals surface area contributed by atoms with Crippen molar-refractivity contribution in [3.8, 4) is 11.4 Å². The minimum absolute atomic E-state index is 0.239. The summed E-state index contributed by atoms with van der Waals surface area (Å²) in [6.07, 6.45) is 6.55. The predicted octanol–water partition coefficient (Wildman–Crippen LogP) is 3.61. The fourth-order valence-electron chi connectivity index (χ4n) is 4.32. The Morgan fingerprint density at radius 1 is 1.12 bits per heavy atom. The number of nitrogens with zero attached hydrogens (tertiary/aromatic N) is 4. The van der Waals surface area contributed by atoms with Crippen molar-refractivity contribution in [2.24, 2.45) is 18.9 Å². The fourth-order valence-corrected chi connectivity index (χ4v) is 5.14. The van der Waals surface area contributed by atoms with Gasteiger partial charge in [-0.1, -0.05) is 61.4 Å².